The van der Waals surface area contributed by atoms with E-state index in [4.69, 9.17) is 28.4 Å². The van der Waals surface area contributed by atoms with Crippen LogP contribution >= 0.6 is 0 Å². The molecule has 0 unspecified atom stereocenters. The average molecular weight is 545 g/mol. The summed E-state index contributed by atoms with van der Waals surface area (Å²) in [7, 11) is 6.31. The van der Waals surface area contributed by atoms with Crippen molar-refractivity contribution in [3.05, 3.63) is 48.2 Å². The van der Waals surface area contributed by atoms with Gasteiger partial charge in [-0.1, -0.05) is 0 Å². The number of rotatable bonds is 10. The summed E-state index contributed by atoms with van der Waals surface area (Å²) in [6.07, 6.45) is 1.56. The molecule has 0 radical (unpaired) electrons. The zero-order valence-electron chi connectivity index (χ0n) is 23.1. The van der Waals surface area contributed by atoms with Crippen LogP contribution in [0.1, 0.15) is 5.56 Å². The molecule has 3 aromatic carbocycles. The Bertz CT molecular complexity index is 1540. The minimum atomic E-state index is 0.399. The van der Waals surface area contributed by atoms with Crippen LogP contribution < -0.4 is 29.0 Å². The Morgan fingerprint density at radius 2 is 1.55 bits per heavy atom. The minimum absolute atomic E-state index is 0.399. The third-order valence-electron chi connectivity index (χ3n) is 6.93. The van der Waals surface area contributed by atoms with Crippen molar-refractivity contribution in [2.75, 3.05) is 73.2 Å². The van der Waals surface area contributed by atoms with E-state index in [1.54, 1.807) is 46.8 Å². The van der Waals surface area contributed by atoms with E-state index >= 15 is 0 Å². The largest absolute Gasteiger partial charge is 0.493 e. The highest BCUT2D eigenvalue weighted by atomic mass is 16.5. The molecule has 0 bridgehead atoms. The van der Waals surface area contributed by atoms with Gasteiger partial charge < -0.3 is 33.7 Å². The maximum absolute atomic E-state index is 9.92. The number of ether oxygens (including phenoxy) is 6. The SMILES string of the molecule is COc1cc2cc3ncc(C#N)c(Nc4cc(OC)c(OC)c(OC)c4)c3cc2cc1OCCN1CCOCC1. The maximum atomic E-state index is 9.92. The van der Waals surface area contributed by atoms with E-state index < -0.39 is 0 Å². The fraction of sp³-hybridized carbons (Fsp3) is 0.333. The highest BCUT2D eigenvalue weighted by Gasteiger charge is 2.17. The molecule has 1 saturated heterocycles. The molecule has 0 atom stereocenters. The predicted molar refractivity (Wildman–Crippen MR) is 153 cm³/mol. The smallest absolute Gasteiger partial charge is 0.203 e. The first-order chi connectivity index (χ1) is 19.6. The van der Waals surface area contributed by atoms with Gasteiger partial charge in [-0.25, -0.2) is 0 Å². The van der Waals surface area contributed by atoms with Crippen molar-refractivity contribution in [1.82, 2.24) is 9.88 Å². The van der Waals surface area contributed by atoms with Gasteiger partial charge in [-0.2, -0.15) is 5.26 Å². The number of nitrogens with one attached hydrogen (secondary N) is 1. The van der Waals surface area contributed by atoms with E-state index in [2.05, 4.69) is 21.3 Å². The van der Waals surface area contributed by atoms with Gasteiger partial charge in [0.05, 0.1) is 58.4 Å². The Kier molecular flexibility index (Phi) is 8.24. The van der Waals surface area contributed by atoms with Gasteiger partial charge in [0.2, 0.25) is 5.75 Å². The Morgan fingerprint density at radius 1 is 0.875 bits per heavy atom. The second-order valence-corrected chi connectivity index (χ2v) is 9.22. The first-order valence-corrected chi connectivity index (χ1v) is 12.9. The van der Waals surface area contributed by atoms with Crippen LogP contribution in [0.3, 0.4) is 0 Å². The molecule has 10 heteroatoms. The van der Waals surface area contributed by atoms with Gasteiger partial charge in [0.25, 0.3) is 0 Å². The molecule has 1 aromatic heterocycles. The molecule has 0 spiro atoms. The number of hydrogen-bond acceptors (Lipinski definition) is 10. The second kappa shape index (κ2) is 12.2. The summed E-state index contributed by atoms with van der Waals surface area (Å²) in [4.78, 5) is 6.88. The fourth-order valence-corrected chi connectivity index (χ4v) is 4.85. The molecular formula is C30H32N4O6. The van der Waals surface area contributed by atoms with E-state index in [9.17, 15) is 5.26 Å². The van der Waals surface area contributed by atoms with Crippen LogP contribution in [0, 0.1) is 11.3 Å². The lowest BCUT2D eigenvalue weighted by atomic mass is 10.0. The van der Waals surface area contributed by atoms with Crippen LogP contribution in [0.4, 0.5) is 11.4 Å². The van der Waals surface area contributed by atoms with Crippen molar-refractivity contribution < 1.29 is 28.4 Å². The molecule has 5 rings (SSSR count). The number of nitrogens with zero attached hydrogens (tertiary/aromatic N) is 3. The van der Waals surface area contributed by atoms with Gasteiger partial charge in [0.15, 0.2) is 23.0 Å². The highest BCUT2D eigenvalue weighted by Crippen LogP contribution is 2.42. The van der Waals surface area contributed by atoms with Crippen molar-refractivity contribution in [2.45, 2.75) is 0 Å². The molecule has 1 N–H and O–H groups in total. The van der Waals surface area contributed by atoms with Gasteiger partial charge in [-0.15, -0.1) is 0 Å². The fourth-order valence-electron chi connectivity index (χ4n) is 4.85. The number of morpholine rings is 1. The molecule has 2 heterocycles. The summed E-state index contributed by atoms with van der Waals surface area (Å²) >= 11 is 0. The molecule has 0 amide bonds. The molecule has 0 saturated carbocycles. The van der Waals surface area contributed by atoms with Crippen LogP contribution in [0.5, 0.6) is 28.7 Å². The van der Waals surface area contributed by atoms with Crippen molar-refractivity contribution in [3.63, 3.8) is 0 Å². The summed E-state index contributed by atoms with van der Waals surface area (Å²) in [5, 5.41) is 16.0. The number of methoxy groups -OCH3 is 4. The van der Waals surface area contributed by atoms with Crippen molar-refractivity contribution in [1.29, 1.82) is 5.26 Å². The number of fused-ring (bicyclic) bond motifs is 2. The lowest BCUT2D eigenvalue weighted by Crippen LogP contribution is -2.38. The van der Waals surface area contributed by atoms with Gasteiger partial charge >= 0.3 is 0 Å². The number of pyridine rings is 1. The standard InChI is InChI=1S/C30H32N4O6/c1-35-25-13-20-12-24-23(11-19(20)14-26(25)40-10-7-34-5-8-39-9-6-34)29(21(17-31)18-32-24)33-22-15-27(36-2)30(38-4)28(16-22)37-3/h11-16,18H,5-10H2,1-4H3,(H,32,33). The molecule has 0 aliphatic carbocycles. The average Bonchev–Trinajstić information content (AvgIpc) is 3.00. The molecule has 208 valence electrons. The molecule has 4 aromatic rings. The summed E-state index contributed by atoms with van der Waals surface area (Å²) in [6, 6.07) is 13.7. The second-order valence-electron chi connectivity index (χ2n) is 9.22. The third kappa shape index (κ3) is 5.47. The van der Waals surface area contributed by atoms with E-state index in [0.29, 0.717) is 52.3 Å². The quantitative estimate of drug-likeness (QED) is 0.281. The zero-order chi connectivity index (χ0) is 28.1. The Morgan fingerprint density at radius 3 is 2.20 bits per heavy atom. The molecular weight excluding hydrogens is 512 g/mol. The van der Waals surface area contributed by atoms with Crippen molar-refractivity contribution >= 4 is 33.1 Å². The van der Waals surface area contributed by atoms with Crippen LogP contribution in [-0.4, -0.2) is 77.8 Å². The number of aromatic nitrogens is 1. The molecule has 40 heavy (non-hydrogen) atoms. The summed E-state index contributed by atoms with van der Waals surface area (Å²) in [6.45, 7) is 4.64. The van der Waals surface area contributed by atoms with Crippen molar-refractivity contribution in [2.24, 2.45) is 0 Å². The molecule has 10 nitrogen and oxygen atoms in total. The first kappa shape index (κ1) is 27.1. The first-order valence-electron chi connectivity index (χ1n) is 12.9. The Labute approximate surface area is 232 Å². The molecule has 1 fully saturated rings. The van der Waals surface area contributed by atoms with Gasteiger partial charge in [-0.3, -0.25) is 9.88 Å². The summed E-state index contributed by atoms with van der Waals surface area (Å²) in [5.74, 6) is 2.79. The highest BCUT2D eigenvalue weighted by molar-refractivity contribution is 6.05. The molecule has 1 aliphatic rings. The van der Waals surface area contributed by atoms with Gasteiger partial charge in [0.1, 0.15) is 12.7 Å². The lowest BCUT2D eigenvalue weighted by molar-refractivity contribution is 0.0321. The Hall–Kier alpha value is -4.46. The Balaban J connectivity index is 1.53. The number of hydrogen-bond donors (Lipinski definition) is 1. The summed E-state index contributed by atoms with van der Waals surface area (Å²) < 4.78 is 33.7. The predicted octanol–water partition coefficient (Wildman–Crippen LogP) is 4.75. The van der Waals surface area contributed by atoms with Crippen LogP contribution in [0.25, 0.3) is 21.7 Å². The normalized spacial score (nSPS) is 13.6. The topological polar surface area (TPSA) is 107 Å². The van der Waals surface area contributed by atoms with Crippen LogP contribution in [-0.2, 0) is 4.74 Å². The lowest BCUT2D eigenvalue weighted by Gasteiger charge is -2.26. The summed E-state index contributed by atoms with van der Waals surface area (Å²) in [5.41, 5.74) is 2.41. The van der Waals surface area contributed by atoms with Crippen molar-refractivity contribution in [3.8, 4) is 34.8 Å². The van der Waals surface area contributed by atoms with Gasteiger partial charge in [-0.05, 0) is 35.0 Å². The number of benzene rings is 3. The number of nitriles is 1. The monoisotopic (exact) mass is 544 g/mol. The van der Waals surface area contributed by atoms with Gasteiger partial charge in [0, 0.05) is 49.0 Å². The van der Waals surface area contributed by atoms with E-state index in [1.165, 1.54) is 0 Å². The van der Waals surface area contributed by atoms with E-state index in [1.807, 2.05) is 24.3 Å². The third-order valence-corrected chi connectivity index (χ3v) is 6.93. The molecule has 1 aliphatic heterocycles. The van der Waals surface area contributed by atoms with Crippen LogP contribution in [0.15, 0.2) is 42.6 Å². The maximum Gasteiger partial charge on any atom is 0.203 e. The zero-order valence-corrected chi connectivity index (χ0v) is 23.1. The number of anilines is 2. The van der Waals surface area contributed by atoms with E-state index in [-0.39, 0.29) is 0 Å². The van der Waals surface area contributed by atoms with Crippen LogP contribution in [0.2, 0.25) is 0 Å². The minimum Gasteiger partial charge on any atom is -0.493 e. The van der Waals surface area contributed by atoms with E-state index in [0.717, 1.165) is 54.5 Å².